The van der Waals surface area contributed by atoms with Crippen LogP contribution in [0.4, 0.5) is 0 Å². The van der Waals surface area contributed by atoms with E-state index >= 15 is 0 Å². The first kappa shape index (κ1) is 51.5. The van der Waals surface area contributed by atoms with Gasteiger partial charge in [0, 0.05) is 26.5 Å². The lowest BCUT2D eigenvalue weighted by atomic mass is 10.1. The number of nitrogens with one attached hydrogen (secondary N) is 1. The molecule has 0 aromatic rings. The summed E-state index contributed by atoms with van der Waals surface area (Å²) >= 11 is 0. The Morgan fingerprint density at radius 2 is 0.981 bits per heavy atom. The number of rotatable bonds is 41. The van der Waals surface area contributed by atoms with Crippen LogP contribution in [0.2, 0.25) is 0 Å². The summed E-state index contributed by atoms with van der Waals surface area (Å²) in [7, 11) is -0.868. The van der Waals surface area contributed by atoms with Crippen LogP contribution in [0, 0.1) is 0 Å². The summed E-state index contributed by atoms with van der Waals surface area (Å²) in [6.45, 7) is 4.63. The first-order chi connectivity index (χ1) is 25.9. The molecule has 0 bridgehead atoms. The van der Waals surface area contributed by atoms with Crippen LogP contribution in [0.25, 0.3) is 0 Å². The normalized spacial score (nSPS) is 13.5. The Morgan fingerprint density at radius 1 is 0.566 bits per heavy atom. The average Bonchev–Trinajstić information content (AvgIpc) is 3.16. The van der Waals surface area contributed by atoms with E-state index in [9.17, 15) is 14.2 Å². The van der Waals surface area contributed by atoms with Crippen LogP contribution in [0.15, 0.2) is 24.3 Å². The number of phosphoric acid groups is 1. The van der Waals surface area contributed by atoms with E-state index in [-0.39, 0.29) is 32.2 Å². The minimum Gasteiger partial charge on any atom is -0.462 e. The number of phosphoric ester groups is 1. The molecule has 0 fully saturated rings. The van der Waals surface area contributed by atoms with E-state index < -0.39 is 19.9 Å². The fraction of sp³-hybridized carbons (Fsp3) is 0.860. The van der Waals surface area contributed by atoms with Crippen LogP contribution in [0.5, 0.6) is 0 Å². The monoisotopic (exact) mass is 772 g/mol. The number of unbranched alkanes of at least 4 members (excludes halogenated alkanes) is 22. The molecule has 1 N–H and O–H groups in total. The van der Waals surface area contributed by atoms with E-state index in [1.54, 1.807) is 7.05 Å². The Kier molecular flexibility index (Phi) is 39.0. The predicted octanol–water partition coefficient (Wildman–Crippen LogP) is 12.5. The number of carbonyl (C=O) groups is 2. The third-order valence-corrected chi connectivity index (χ3v) is 10.7. The molecular weight excluding hydrogens is 689 g/mol. The number of hydrogen-bond donors (Lipinski definition) is 1. The highest BCUT2D eigenvalue weighted by Crippen LogP contribution is 2.48. The maximum absolute atomic E-state index is 12.8. The second-order valence-electron chi connectivity index (χ2n) is 14.3. The molecular formula is C43H82NO8P. The molecule has 0 radical (unpaired) electrons. The molecule has 0 spiro atoms. The fourth-order valence-electron chi connectivity index (χ4n) is 5.88. The number of allylic oxidation sites excluding steroid dienone is 4. The molecule has 0 rings (SSSR count). The Balaban J connectivity index is 4.35. The van der Waals surface area contributed by atoms with Crippen molar-refractivity contribution < 1.29 is 37.2 Å². The van der Waals surface area contributed by atoms with Gasteiger partial charge < -0.3 is 14.8 Å². The van der Waals surface area contributed by atoms with Gasteiger partial charge in [0.1, 0.15) is 6.61 Å². The van der Waals surface area contributed by atoms with E-state index in [4.69, 9.17) is 23.0 Å². The van der Waals surface area contributed by atoms with Crippen LogP contribution >= 0.6 is 7.82 Å². The quantitative estimate of drug-likeness (QED) is 0.0281. The van der Waals surface area contributed by atoms with Crippen molar-refractivity contribution in [2.75, 3.05) is 40.5 Å². The molecule has 0 aromatic carbocycles. The highest BCUT2D eigenvalue weighted by molar-refractivity contribution is 7.48. The van der Waals surface area contributed by atoms with Gasteiger partial charge in [-0.05, 0) is 71.3 Å². The summed E-state index contributed by atoms with van der Waals surface area (Å²) in [5, 5.41) is 2.90. The summed E-state index contributed by atoms with van der Waals surface area (Å²) in [5.41, 5.74) is 0. The third kappa shape index (κ3) is 37.2. The van der Waals surface area contributed by atoms with Crippen LogP contribution in [-0.2, 0) is 37.2 Å². The lowest BCUT2D eigenvalue weighted by molar-refractivity contribution is -0.161. The summed E-state index contributed by atoms with van der Waals surface area (Å²) in [6.07, 6.45) is 39.7. The zero-order valence-corrected chi connectivity index (χ0v) is 35.6. The second-order valence-corrected chi connectivity index (χ2v) is 16.1. The first-order valence-electron chi connectivity index (χ1n) is 21.6. The zero-order valence-electron chi connectivity index (χ0n) is 34.7. The maximum Gasteiger partial charge on any atom is 0.474 e. The van der Waals surface area contributed by atoms with Crippen molar-refractivity contribution in [1.29, 1.82) is 0 Å². The van der Waals surface area contributed by atoms with E-state index in [0.29, 0.717) is 13.0 Å². The van der Waals surface area contributed by atoms with Crippen molar-refractivity contribution in [3.63, 3.8) is 0 Å². The van der Waals surface area contributed by atoms with Gasteiger partial charge in [0.15, 0.2) is 6.10 Å². The van der Waals surface area contributed by atoms with Crippen molar-refractivity contribution in [2.24, 2.45) is 0 Å². The first-order valence-corrected chi connectivity index (χ1v) is 23.1. The SMILES string of the molecule is CCCCCCCCC=CCCCCCCCC(=O)OCC(COP(=O)(OC)OCCNC)OC(=O)CCCCCCCC=CCCCCCCCC. The Hall–Kier alpha value is -1.51. The van der Waals surface area contributed by atoms with E-state index in [1.165, 1.54) is 103 Å². The van der Waals surface area contributed by atoms with Crippen molar-refractivity contribution in [2.45, 2.75) is 200 Å². The summed E-state index contributed by atoms with van der Waals surface area (Å²) in [5.74, 6) is -0.742. The maximum atomic E-state index is 12.8. The van der Waals surface area contributed by atoms with Crippen LogP contribution in [-0.4, -0.2) is 58.6 Å². The Labute approximate surface area is 326 Å². The summed E-state index contributed by atoms with van der Waals surface area (Å²) in [4.78, 5) is 25.2. The van der Waals surface area contributed by atoms with Gasteiger partial charge in [-0.15, -0.1) is 0 Å². The molecule has 0 aromatic heterocycles. The van der Waals surface area contributed by atoms with Gasteiger partial charge in [-0.25, -0.2) is 4.57 Å². The number of hydrogen-bond acceptors (Lipinski definition) is 9. The van der Waals surface area contributed by atoms with Gasteiger partial charge >= 0.3 is 19.8 Å². The molecule has 53 heavy (non-hydrogen) atoms. The van der Waals surface area contributed by atoms with Gasteiger partial charge in [0.2, 0.25) is 0 Å². The average molecular weight is 772 g/mol. The topological polar surface area (TPSA) is 109 Å². The van der Waals surface area contributed by atoms with Crippen molar-refractivity contribution in [1.82, 2.24) is 5.32 Å². The molecule has 2 unspecified atom stereocenters. The standard InChI is InChI=1S/C43H82NO8P/c1-5-7-9-11-13-15-17-19-21-23-25-27-29-31-33-35-42(45)49-39-41(40-51-53(47,48-4)50-38-37-44-3)52-43(46)36-34-32-30-28-26-24-22-20-18-16-14-12-10-8-6-2/h19-22,41,44H,5-18,23-40H2,1-4H3. The van der Waals surface area contributed by atoms with Gasteiger partial charge in [0.05, 0.1) is 13.2 Å². The highest BCUT2D eigenvalue weighted by Gasteiger charge is 2.28. The molecule has 10 heteroatoms. The smallest absolute Gasteiger partial charge is 0.462 e. The molecule has 2 atom stereocenters. The van der Waals surface area contributed by atoms with Gasteiger partial charge in [-0.1, -0.05) is 141 Å². The molecule has 9 nitrogen and oxygen atoms in total. The van der Waals surface area contributed by atoms with Crippen molar-refractivity contribution in [3.05, 3.63) is 24.3 Å². The minimum absolute atomic E-state index is 0.118. The molecule has 0 saturated carbocycles. The fourth-order valence-corrected chi connectivity index (χ4v) is 6.82. The van der Waals surface area contributed by atoms with Crippen LogP contribution < -0.4 is 5.32 Å². The van der Waals surface area contributed by atoms with E-state index in [0.717, 1.165) is 70.6 Å². The Bertz CT molecular complexity index is 928. The largest absolute Gasteiger partial charge is 0.474 e. The van der Waals surface area contributed by atoms with Crippen molar-refractivity contribution >= 4 is 19.8 Å². The number of likely N-dealkylation sites (N-methyl/N-ethyl adjacent to an activating group) is 1. The molecule has 0 aliphatic rings. The lowest BCUT2D eigenvalue weighted by Crippen LogP contribution is -2.29. The van der Waals surface area contributed by atoms with Gasteiger partial charge in [-0.2, -0.15) is 0 Å². The lowest BCUT2D eigenvalue weighted by Gasteiger charge is -2.21. The van der Waals surface area contributed by atoms with Crippen molar-refractivity contribution in [3.8, 4) is 0 Å². The summed E-state index contributed by atoms with van der Waals surface area (Å²) < 4.78 is 39.6. The molecule has 0 saturated heterocycles. The molecule has 312 valence electrons. The number of esters is 2. The van der Waals surface area contributed by atoms with Crippen LogP contribution in [0.1, 0.15) is 194 Å². The molecule has 0 heterocycles. The number of ether oxygens (including phenoxy) is 2. The molecule has 0 aliphatic carbocycles. The third-order valence-electron chi connectivity index (χ3n) is 9.26. The second kappa shape index (κ2) is 40.2. The van der Waals surface area contributed by atoms with E-state index in [2.05, 4.69) is 43.5 Å². The van der Waals surface area contributed by atoms with Gasteiger partial charge in [-0.3, -0.25) is 23.2 Å². The van der Waals surface area contributed by atoms with Gasteiger partial charge in [0.25, 0.3) is 0 Å². The predicted molar refractivity (Wildman–Crippen MR) is 220 cm³/mol. The van der Waals surface area contributed by atoms with E-state index in [1.807, 2.05) is 0 Å². The zero-order chi connectivity index (χ0) is 38.9. The minimum atomic E-state index is -3.86. The molecule has 0 amide bonds. The van der Waals surface area contributed by atoms with Crippen LogP contribution in [0.3, 0.4) is 0 Å². The number of carbonyl (C=O) groups excluding carboxylic acids is 2. The molecule has 0 aliphatic heterocycles. The Morgan fingerprint density at radius 3 is 1.42 bits per heavy atom. The highest BCUT2D eigenvalue weighted by atomic mass is 31.2. The summed E-state index contributed by atoms with van der Waals surface area (Å²) in [6, 6.07) is 0.